The second kappa shape index (κ2) is 4.05. The van der Waals surface area contributed by atoms with Crippen molar-refractivity contribution in [3.63, 3.8) is 0 Å². The highest BCUT2D eigenvalue weighted by Crippen LogP contribution is 2.31. The summed E-state index contributed by atoms with van der Waals surface area (Å²) in [6.07, 6.45) is 2.39. The van der Waals surface area contributed by atoms with Crippen LogP contribution in [0.5, 0.6) is 0 Å². The lowest BCUT2D eigenvalue weighted by Gasteiger charge is -2.08. The fourth-order valence-corrected chi connectivity index (χ4v) is 2.50. The molecule has 1 aliphatic heterocycles. The minimum Gasteiger partial charge on any atom is -0.384 e. The van der Waals surface area contributed by atoms with Crippen LogP contribution in [0.1, 0.15) is 18.9 Å². The van der Waals surface area contributed by atoms with Crippen LogP contribution in [-0.2, 0) is 6.42 Å². The molecule has 0 spiro atoms. The molecule has 70 valence electrons. The van der Waals surface area contributed by atoms with Crippen LogP contribution in [0.25, 0.3) is 0 Å². The Morgan fingerprint density at radius 3 is 3.23 bits per heavy atom. The average molecular weight is 193 g/mol. The molecule has 13 heavy (non-hydrogen) atoms. The van der Waals surface area contributed by atoms with E-state index in [1.165, 1.54) is 28.3 Å². The van der Waals surface area contributed by atoms with E-state index >= 15 is 0 Å². The van der Waals surface area contributed by atoms with Gasteiger partial charge in [-0.1, -0.05) is 13.0 Å². The predicted molar refractivity (Wildman–Crippen MR) is 59.7 cm³/mol. The van der Waals surface area contributed by atoms with Crippen molar-refractivity contribution >= 4 is 17.4 Å². The Bertz CT molecular complexity index is 296. The van der Waals surface area contributed by atoms with Gasteiger partial charge in [0.05, 0.1) is 0 Å². The number of benzene rings is 1. The van der Waals surface area contributed by atoms with Gasteiger partial charge in [0.25, 0.3) is 0 Å². The largest absolute Gasteiger partial charge is 0.384 e. The fourth-order valence-electron chi connectivity index (χ4n) is 1.54. The third kappa shape index (κ3) is 1.99. The number of nitrogens with one attached hydrogen (secondary N) is 1. The summed E-state index contributed by atoms with van der Waals surface area (Å²) in [6.45, 7) is 3.32. The molecule has 1 nitrogen and oxygen atoms in total. The van der Waals surface area contributed by atoms with Gasteiger partial charge in [-0.15, -0.1) is 11.8 Å². The van der Waals surface area contributed by atoms with Gasteiger partial charge < -0.3 is 5.32 Å². The molecule has 0 saturated carbocycles. The SMILES string of the molecule is CCc1ccc2c(c1)NCCCS2. The van der Waals surface area contributed by atoms with E-state index in [4.69, 9.17) is 0 Å². The first-order valence-electron chi connectivity index (χ1n) is 4.90. The molecule has 0 atom stereocenters. The molecule has 1 aliphatic rings. The summed E-state index contributed by atoms with van der Waals surface area (Å²) >= 11 is 1.97. The van der Waals surface area contributed by atoms with Crippen LogP contribution in [0, 0.1) is 0 Å². The van der Waals surface area contributed by atoms with Crippen molar-refractivity contribution in [2.75, 3.05) is 17.6 Å². The maximum absolute atomic E-state index is 3.48. The molecule has 0 aromatic heterocycles. The van der Waals surface area contributed by atoms with Crippen molar-refractivity contribution in [2.45, 2.75) is 24.7 Å². The van der Waals surface area contributed by atoms with Crippen LogP contribution in [0.3, 0.4) is 0 Å². The summed E-state index contributed by atoms with van der Waals surface area (Å²) < 4.78 is 0. The van der Waals surface area contributed by atoms with Crippen LogP contribution < -0.4 is 5.32 Å². The van der Waals surface area contributed by atoms with Crippen molar-refractivity contribution in [1.29, 1.82) is 0 Å². The molecule has 2 heteroatoms. The van der Waals surface area contributed by atoms with Crippen LogP contribution in [-0.4, -0.2) is 12.3 Å². The fraction of sp³-hybridized carbons (Fsp3) is 0.455. The number of hydrogen-bond acceptors (Lipinski definition) is 2. The Labute approximate surface area is 83.9 Å². The van der Waals surface area contributed by atoms with E-state index in [0.29, 0.717) is 0 Å². The number of rotatable bonds is 1. The molecule has 1 aromatic rings. The molecular weight excluding hydrogens is 178 g/mol. The molecular formula is C11H15NS. The van der Waals surface area contributed by atoms with E-state index in [2.05, 4.69) is 30.4 Å². The van der Waals surface area contributed by atoms with E-state index in [0.717, 1.165) is 13.0 Å². The van der Waals surface area contributed by atoms with E-state index in [9.17, 15) is 0 Å². The average Bonchev–Trinajstić information content (AvgIpc) is 2.41. The van der Waals surface area contributed by atoms with Crippen LogP contribution in [0.15, 0.2) is 23.1 Å². The number of hydrogen-bond donors (Lipinski definition) is 1. The summed E-state index contributed by atoms with van der Waals surface area (Å²) in [5, 5.41) is 3.48. The number of anilines is 1. The number of fused-ring (bicyclic) bond motifs is 1. The van der Waals surface area contributed by atoms with Crippen molar-refractivity contribution in [3.8, 4) is 0 Å². The highest BCUT2D eigenvalue weighted by Gasteiger charge is 2.07. The Hall–Kier alpha value is -0.630. The van der Waals surface area contributed by atoms with Crippen LogP contribution in [0.2, 0.25) is 0 Å². The van der Waals surface area contributed by atoms with Crippen molar-refractivity contribution in [3.05, 3.63) is 23.8 Å². The summed E-state index contributed by atoms with van der Waals surface area (Å²) in [5.41, 5.74) is 2.76. The highest BCUT2D eigenvalue weighted by atomic mass is 32.2. The molecule has 0 amide bonds. The lowest BCUT2D eigenvalue weighted by Crippen LogP contribution is -2.00. The first kappa shape index (κ1) is 8.95. The van der Waals surface area contributed by atoms with Crippen molar-refractivity contribution < 1.29 is 0 Å². The maximum atomic E-state index is 3.48. The standard InChI is InChI=1S/C11H15NS/c1-2-9-4-5-11-10(8-9)12-6-3-7-13-11/h4-5,8,12H,2-3,6-7H2,1H3. The number of aryl methyl sites for hydroxylation is 1. The monoisotopic (exact) mass is 193 g/mol. The molecule has 1 N–H and O–H groups in total. The Morgan fingerprint density at radius 2 is 2.38 bits per heavy atom. The van der Waals surface area contributed by atoms with Crippen LogP contribution >= 0.6 is 11.8 Å². The van der Waals surface area contributed by atoms with Gasteiger partial charge in [0, 0.05) is 17.1 Å². The second-order valence-corrected chi connectivity index (χ2v) is 4.45. The zero-order valence-electron chi connectivity index (χ0n) is 7.97. The highest BCUT2D eigenvalue weighted by molar-refractivity contribution is 7.99. The zero-order chi connectivity index (χ0) is 9.10. The third-order valence-electron chi connectivity index (χ3n) is 2.35. The third-order valence-corrected chi connectivity index (χ3v) is 3.51. The summed E-state index contributed by atoms with van der Waals surface area (Å²) in [7, 11) is 0. The topological polar surface area (TPSA) is 12.0 Å². The van der Waals surface area contributed by atoms with E-state index < -0.39 is 0 Å². The van der Waals surface area contributed by atoms with Crippen LogP contribution in [0.4, 0.5) is 5.69 Å². The molecule has 0 unspecified atom stereocenters. The van der Waals surface area contributed by atoms with E-state index in [1.54, 1.807) is 0 Å². The molecule has 1 aromatic carbocycles. The lowest BCUT2D eigenvalue weighted by molar-refractivity contribution is 0.997. The van der Waals surface area contributed by atoms with E-state index in [-0.39, 0.29) is 0 Å². The van der Waals surface area contributed by atoms with Crippen molar-refractivity contribution in [2.24, 2.45) is 0 Å². The Balaban J connectivity index is 2.32. The normalized spacial score (nSPS) is 15.8. The van der Waals surface area contributed by atoms with Gasteiger partial charge in [-0.2, -0.15) is 0 Å². The van der Waals surface area contributed by atoms with Gasteiger partial charge in [0.2, 0.25) is 0 Å². The Morgan fingerprint density at radius 1 is 1.46 bits per heavy atom. The zero-order valence-corrected chi connectivity index (χ0v) is 8.79. The van der Waals surface area contributed by atoms with Gasteiger partial charge in [-0.25, -0.2) is 0 Å². The minimum atomic E-state index is 1.12. The van der Waals surface area contributed by atoms with Gasteiger partial charge in [0.1, 0.15) is 0 Å². The Kier molecular flexibility index (Phi) is 2.79. The first-order chi connectivity index (χ1) is 6.40. The van der Waals surface area contributed by atoms with Gasteiger partial charge in [-0.05, 0) is 36.3 Å². The smallest absolute Gasteiger partial charge is 0.0481 e. The van der Waals surface area contributed by atoms with Gasteiger partial charge >= 0.3 is 0 Å². The summed E-state index contributed by atoms with van der Waals surface area (Å²) in [5.74, 6) is 1.24. The van der Waals surface area contributed by atoms with Gasteiger partial charge in [-0.3, -0.25) is 0 Å². The van der Waals surface area contributed by atoms with E-state index in [1.807, 2.05) is 11.8 Å². The molecule has 2 rings (SSSR count). The summed E-state index contributed by atoms with van der Waals surface area (Å²) in [6, 6.07) is 6.77. The molecule has 0 radical (unpaired) electrons. The van der Waals surface area contributed by atoms with Gasteiger partial charge in [0.15, 0.2) is 0 Å². The quantitative estimate of drug-likeness (QED) is 0.735. The first-order valence-corrected chi connectivity index (χ1v) is 5.88. The maximum Gasteiger partial charge on any atom is 0.0481 e. The molecule has 0 aliphatic carbocycles. The predicted octanol–water partition coefficient (Wildman–Crippen LogP) is 3.16. The number of thioether (sulfide) groups is 1. The lowest BCUT2D eigenvalue weighted by atomic mass is 10.1. The summed E-state index contributed by atoms with van der Waals surface area (Å²) in [4.78, 5) is 1.41. The minimum absolute atomic E-state index is 1.12. The molecule has 0 saturated heterocycles. The molecule has 0 bridgehead atoms. The molecule has 0 fully saturated rings. The second-order valence-electron chi connectivity index (χ2n) is 3.31. The molecule has 1 heterocycles. The van der Waals surface area contributed by atoms with Crippen molar-refractivity contribution in [1.82, 2.24) is 0 Å².